The third-order valence-corrected chi connectivity index (χ3v) is 2.58. The first-order chi connectivity index (χ1) is 9.49. The molecule has 0 amide bonds. The molecule has 5 nitrogen and oxygen atoms in total. The van der Waals surface area contributed by atoms with Gasteiger partial charge in [0.1, 0.15) is 5.82 Å². The molecule has 0 aliphatic rings. The fourth-order valence-electron chi connectivity index (χ4n) is 1.62. The number of benzene rings is 1. The van der Waals surface area contributed by atoms with Crippen molar-refractivity contribution in [3.05, 3.63) is 29.6 Å². The Hall–Kier alpha value is -2.11. The van der Waals surface area contributed by atoms with E-state index in [1.165, 1.54) is 6.07 Å². The standard InChI is InChI=1S/C14H18FNO4/c1-3-5-12(14(18)19-4-2)20-13(17)10-8-9(15)6-7-11(10)16/h6-8,12H,3-5,16H2,1-2H3. The second kappa shape index (κ2) is 7.47. The van der Waals surface area contributed by atoms with Crippen LogP contribution in [0.3, 0.4) is 0 Å². The molecule has 20 heavy (non-hydrogen) atoms. The van der Waals surface area contributed by atoms with E-state index >= 15 is 0 Å². The van der Waals surface area contributed by atoms with Gasteiger partial charge in [-0.1, -0.05) is 13.3 Å². The second-order valence-electron chi connectivity index (χ2n) is 4.17. The average molecular weight is 283 g/mol. The quantitative estimate of drug-likeness (QED) is 0.640. The fourth-order valence-corrected chi connectivity index (χ4v) is 1.62. The summed E-state index contributed by atoms with van der Waals surface area (Å²) >= 11 is 0. The Morgan fingerprint density at radius 3 is 2.65 bits per heavy atom. The van der Waals surface area contributed by atoms with E-state index in [4.69, 9.17) is 15.2 Å². The third-order valence-electron chi connectivity index (χ3n) is 2.58. The SMILES string of the molecule is CCCC(OC(=O)c1cc(F)ccc1N)C(=O)OCC. The van der Waals surface area contributed by atoms with E-state index in [0.29, 0.717) is 12.8 Å². The summed E-state index contributed by atoms with van der Waals surface area (Å²) in [4.78, 5) is 23.6. The zero-order chi connectivity index (χ0) is 15.1. The van der Waals surface area contributed by atoms with Crippen molar-refractivity contribution in [2.45, 2.75) is 32.8 Å². The average Bonchev–Trinajstić information content (AvgIpc) is 2.41. The molecule has 0 aliphatic heterocycles. The first-order valence-electron chi connectivity index (χ1n) is 6.42. The van der Waals surface area contributed by atoms with E-state index < -0.39 is 23.9 Å². The summed E-state index contributed by atoms with van der Waals surface area (Å²) < 4.78 is 23.0. The molecule has 1 aromatic rings. The van der Waals surface area contributed by atoms with E-state index in [2.05, 4.69) is 0 Å². The topological polar surface area (TPSA) is 78.6 Å². The highest BCUT2D eigenvalue weighted by molar-refractivity contribution is 5.96. The molecule has 0 saturated carbocycles. The van der Waals surface area contributed by atoms with Gasteiger partial charge in [-0.25, -0.2) is 14.0 Å². The van der Waals surface area contributed by atoms with Gasteiger partial charge >= 0.3 is 11.9 Å². The first-order valence-corrected chi connectivity index (χ1v) is 6.42. The summed E-state index contributed by atoms with van der Waals surface area (Å²) in [6, 6.07) is 3.39. The lowest BCUT2D eigenvalue weighted by Gasteiger charge is -2.16. The molecule has 0 saturated heterocycles. The van der Waals surface area contributed by atoms with Crippen LogP contribution in [-0.2, 0) is 14.3 Å². The van der Waals surface area contributed by atoms with Crippen molar-refractivity contribution in [1.29, 1.82) is 0 Å². The third kappa shape index (κ3) is 4.22. The van der Waals surface area contributed by atoms with Crippen molar-refractivity contribution < 1.29 is 23.5 Å². The molecule has 1 unspecified atom stereocenters. The fraction of sp³-hybridized carbons (Fsp3) is 0.429. The van der Waals surface area contributed by atoms with Gasteiger partial charge < -0.3 is 15.2 Å². The summed E-state index contributed by atoms with van der Waals surface area (Å²) in [5, 5.41) is 0. The van der Waals surface area contributed by atoms with Crippen molar-refractivity contribution in [2.24, 2.45) is 0 Å². The van der Waals surface area contributed by atoms with E-state index in [9.17, 15) is 14.0 Å². The van der Waals surface area contributed by atoms with Gasteiger partial charge in [0.2, 0.25) is 0 Å². The lowest BCUT2D eigenvalue weighted by Crippen LogP contribution is -2.29. The number of ether oxygens (including phenoxy) is 2. The van der Waals surface area contributed by atoms with Crippen molar-refractivity contribution >= 4 is 17.6 Å². The highest BCUT2D eigenvalue weighted by atomic mass is 19.1. The maximum Gasteiger partial charge on any atom is 0.347 e. The Morgan fingerprint density at radius 1 is 1.35 bits per heavy atom. The predicted octanol–water partition coefficient (Wildman–Crippen LogP) is 2.30. The highest BCUT2D eigenvalue weighted by Crippen LogP contribution is 2.17. The Labute approximate surface area is 116 Å². The first kappa shape index (κ1) is 15.9. The molecular weight excluding hydrogens is 265 g/mol. The molecule has 110 valence electrons. The molecule has 6 heteroatoms. The Kier molecular flexibility index (Phi) is 5.96. The Bertz CT molecular complexity index is 490. The molecule has 1 atom stereocenters. The van der Waals surface area contributed by atoms with Gasteiger partial charge in [-0.05, 0) is 31.5 Å². The van der Waals surface area contributed by atoms with Crippen molar-refractivity contribution in [3.8, 4) is 0 Å². The van der Waals surface area contributed by atoms with E-state index in [-0.39, 0.29) is 17.9 Å². The van der Waals surface area contributed by atoms with Crippen LogP contribution in [0.25, 0.3) is 0 Å². The minimum absolute atomic E-state index is 0.0931. The lowest BCUT2D eigenvalue weighted by atomic mass is 10.1. The molecule has 0 aliphatic carbocycles. The largest absolute Gasteiger partial charge is 0.463 e. The van der Waals surface area contributed by atoms with Gasteiger partial charge in [-0.3, -0.25) is 0 Å². The van der Waals surface area contributed by atoms with Gasteiger partial charge in [0.05, 0.1) is 12.2 Å². The number of esters is 2. The molecule has 0 radical (unpaired) electrons. The minimum atomic E-state index is -1.00. The van der Waals surface area contributed by atoms with E-state index in [1.54, 1.807) is 6.92 Å². The summed E-state index contributed by atoms with van der Waals surface area (Å²) in [5.41, 5.74) is 5.58. The molecule has 0 fully saturated rings. The number of anilines is 1. The number of carbonyl (C=O) groups excluding carboxylic acids is 2. The molecule has 1 aromatic carbocycles. The van der Waals surface area contributed by atoms with Crippen molar-refractivity contribution in [1.82, 2.24) is 0 Å². The molecule has 0 heterocycles. The maximum absolute atomic E-state index is 13.1. The minimum Gasteiger partial charge on any atom is -0.463 e. The van der Waals surface area contributed by atoms with Crippen LogP contribution in [0, 0.1) is 5.82 Å². The molecule has 0 bridgehead atoms. The van der Waals surface area contributed by atoms with E-state index in [0.717, 1.165) is 12.1 Å². The summed E-state index contributed by atoms with van der Waals surface area (Å²) in [7, 11) is 0. The maximum atomic E-state index is 13.1. The second-order valence-corrected chi connectivity index (χ2v) is 4.17. The smallest absolute Gasteiger partial charge is 0.347 e. The van der Waals surface area contributed by atoms with Crippen molar-refractivity contribution in [3.63, 3.8) is 0 Å². The highest BCUT2D eigenvalue weighted by Gasteiger charge is 2.25. The lowest BCUT2D eigenvalue weighted by molar-refractivity contribution is -0.153. The van der Waals surface area contributed by atoms with Crippen LogP contribution in [0.15, 0.2) is 18.2 Å². The number of halogens is 1. The Balaban J connectivity index is 2.84. The predicted molar refractivity (Wildman–Crippen MR) is 71.6 cm³/mol. The number of nitrogens with two attached hydrogens (primary N) is 1. The number of nitrogen functional groups attached to an aromatic ring is 1. The van der Waals surface area contributed by atoms with Crippen LogP contribution in [0.4, 0.5) is 10.1 Å². The van der Waals surface area contributed by atoms with Gasteiger partial charge in [0.15, 0.2) is 6.10 Å². The Morgan fingerprint density at radius 2 is 2.05 bits per heavy atom. The summed E-state index contributed by atoms with van der Waals surface area (Å²) in [5.74, 6) is -2.06. The van der Waals surface area contributed by atoms with Crippen LogP contribution in [0.2, 0.25) is 0 Å². The zero-order valence-corrected chi connectivity index (χ0v) is 11.5. The molecule has 0 aromatic heterocycles. The van der Waals surface area contributed by atoms with Gasteiger partial charge in [0, 0.05) is 5.69 Å². The van der Waals surface area contributed by atoms with Crippen LogP contribution in [0.5, 0.6) is 0 Å². The molecular formula is C14H18FNO4. The van der Waals surface area contributed by atoms with Crippen molar-refractivity contribution in [2.75, 3.05) is 12.3 Å². The summed E-state index contributed by atoms with van der Waals surface area (Å²) in [6.07, 6.45) is -0.0371. The number of hydrogen-bond acceptors (Lipinski definition) is 5. The van der Waals surface area contributed by atoms with Gasteiger partial charge in [-0.2, -0.15) is 0 Å². The normalized spacial score (nSPS) is 11.8. The number of carbonyl (C=O) groups is 2. The molecule has 0 spiro atoms. The summed E-state index contributed by atoms with van der Waals surface area (Å²) in [6.45, 7) is 3.70. The van der Waals surface area contributed by atoms with Gasteiger partial charge in [-0.15, -0.1) is 0 Å². The van der Waals surface area contributed by atoms with Crippen LogP contribution in [-0.4, -0.2) is 24.6 Å². The van der Waals surface area contributed by atoms with Crippen LogP contribution >= 0.6 is 0 Å². The van der Waals surface area contributed by atoms with Crippen LogP contribution < -0.4 is 5.73 Å². The molecule has 1 rings (SSSR count). The van der Waals surface area contributed by atoms with Gasteiger partial charge in [0.25, 0.3) is 0 Å². The van der Waals surface area contributed by atoms with Crippen LogP contribution in [0.1, 0.15) is 37.0 Å². The monoisotopic (exact) mass is 283 g/mol. The zero-order valence-electron chi connectivity index (χ0n) is 11.5. The van der Waals surface area contributed by atoms with E-state index in [1.807, 2.05) is 6.92 Å². The molecule has 2 N–H and O–H groups in total. The number of hydrogen-bond donors (Lipinski definition) is 1. The number of rotatable bonds is 6.